The highest BCUT2D eigenvalue weighted by Gasteiger charge is 2.17. The van der Waals surface area contributed by atoms with E-state index in [1.807, 2.05) is 31.2 Å². The van der Waals surface area contributed by atoms with E-state index in [4.69, 9.17) is 0 Å². The number of carbonyl (C=O) groups is 2. The molecule has 0 bridgehead atoms. The van der Waals surface area contributed by atoms with Gasteiger partial charge >= 0.3 is 11.7 Å². The van der Waals surface area contributed by atoms with Crippen molar-refractivity contribution in [2.75, 3.05) is 12.4 Å². The fourth-order valence-corrected chi connectivity index (χ4v) is 3.27. The second-order valence-corrected chi connectivity index (χ2v) is 6.57. The second-order valence-electron chi connectivity index (χ2n) is 6.57. The summed E-state index contributed by atoms with van der Waals surface area (Å²) in [6, 6.07) is 11.9. The number of nitrogens with zero attached hydrogens (tertiary/aromatic N) is 2. The highest BCUT2D eigenvalue weighted by Crippen LogP contribution is 2.28. The lowest BCUT2D eigenvalue weighted by molar-refractivity contribution is -0.116. The average Bonchev–Trinajstić information content (AvgIpc) is 2.99. The smallest absolute Gasteiger partial charge is 0.341 e. The highest BCUT2D eigenvalue weighted by atomic mass is 16.5. The monoisotopic (exact) mass is 397 g/mol. The highest BCUT2D eigenvalue weighted by molar-refractivity contribution is 5.98. The van der Waals surface area contributed by atoms with Gasteiger partial charge < -0.3 is 15.2 Å². The van der Waals surface area contributed by atoms with Crippen molar-refractivity contribution >= 4 is 28.6 Å². The van der Waals surface area contributed by atoms with Crippen LogP contribution in [-0.4, -0.2) is 33.2 Å². The predicted octanol–water partition coefficient (Wildman–Crippen LogP) is 2.73. The van der Waals surface area contributed by atoms with Gasteiger partial charge in [-0.2, -0.15) is 0 Å². The number of aryl methyl sites for hydroxylation is 2. The summed E-state index contributed by atoms with van der Waals surface area (Å²) in [6.45, 7) is 2.80. The molecule has 0 aliphatic rings. The minimum absolute atomic E-state index is 0.0297. The zero-order chi connectivity index (χ0) is 21.0. The molecule has 3 rings (SSSR count). The van der Waals surface area contributed by atoms with Gasteiger partial charge in [0.15, 0.2) is 5.75 Å². The van der Waals surface area contributed by atoms with Gasteiger partial charge in [0, 0.05) is 19.5 Å². The Balaban J connectivity index is 1.78. The van der Waals surface area contributed by atoms with E-state index in [0.29, 0.717) is 6.54 Å². The topological polar surface area (TPSA) is 103 Å². The number of imidazole rings is 1. The Morgan fingerprint density at radius 1 is 1.03 bits per heavy atom. The summed E-state index contributed by atoms with van der Waals surface area (Å²) in [7, 11) is 1.21. The molecule has 0 aliphatic heterocycles. The molecule has 0 spiro atoms. The number of ether oxygens (including phenoxy) is 1. The lowest BCUT2D eigenvalue weighted by Crippen LogP contribution is -2.26. The summed E-state index contributed by atoms with van der Waals surface area (Å²) < 4.78 is 7.89. The number of aromatic hydroxyl groups is 1. The van der Waals surface area contributed by atoms with E-state index in [0.717, 1.165) is 17.5 Å². The summed E-state index contributed by atoms with van der Waals surface area (Å²) in [6.07, 6.45) is 0.853. The number of carbonyl (C=O) groups excluding carboxylic acids is 2. The number of para-hydroxylation sites is 3. The van der Waals surface area contributed by atoms with Crippen LogP contribution in [-0.2, 0) is 22.6 Å². The first kappa shape index (κ1) is 20.2. The molecule has 0 saturated carbocycles. The van der Waals surface area contributed by atoms with Crippen molar-refractivity contribution < 1.29 is 19.4 Å². The number of fused-ring (bicyclic) bond motifs is 1. The Kier molecular flexibility index (Phi) is 6.01. The Morgan fingerprint density at radius 2 is 1.69 bits per heavy atom. The molecule has 2 aromatic carbocycles. The van der Waals surface area contributed by atoms with Crippen molar-refractivity contribution in [2.45, 2.75) is 32.9 Å². The minimum Gasteiger partial charge on any atom is -0.505 e. The van der Waals surface area contributed by atoms with Crippen molar-refractivity contribution in [3.63, 3.8) is 0 Å². The van der Waals surface area contributed by atoms with Gasteiger partial charge in [-0.1, -0.05) is 25.1 Å². The van der Waals surface area contributed by atoms with Gasteiger partial charge in [0.1, 0.15) is 5.56 Å². The quantitative estimate of drug-likeness (QED) is 0.471. The van der Waals surface area contributed by atoms with Crippen molar-refractivity contribution in [2.24, 2.45) is 0 Å². The molecule has 0 radical (unpaired) electrons. The molecule has 1 heterocycles. The fourth-order valence-electron chi connectivity index (χ4n) is 3.27. The predicted molar refractivity (Wildman–Crippen MR) is 109 cm³/mol. The first-order valence-electron chi connectivity index (χ1n) is 9.36. The zero-order valence-corrected chi connectivity index (χ0v) is 16.3. The maximum Gasteiger partial charge on any atom is 0.341 e. The molecule has 0 atom stereocenters. The van der Waals surface area contributed by atoms with E-state index in [-0.39, 0.29) is 41.6 Å². The van der Waals surface area contributed by atoms with Gasteiger partial charge in [0.25, 0.3) is 0 Å². The standard InChI is InChI=1S/C21H23N3O5/c1-3-12-23-16-9-4-5-10-17(16)24(21(23)28)13-11-18(25)22-15-8-6-7-14(19(15)26)20(27)29-2/h4-10,26H,3,11-13H2,1-2H3,(H,22,25). The molecule has 0 unspecified atom stereocenters. The van der Waals surface area contributed by atoms with E-state index in [1.165, 1.54) is 25.3 Å². The molecule has 0 saturated heterocycles. The lowest BCUT2D eigenvalue weighted by atomic mass is 10.1. The third-order valence-corrected chi connectivity index (χ3v) is 4.65. The number of phenols is 1. The SMILES string of the molecule is CCCn1c(=O)n(CCC(=O)Nc2cccc(C(=O)OC)c2O)c2ccccc21. The van der Waals surface area contributed by atoms with Crippen LogP contribution >= 0.6 is 0 Å². The first-order chi connectivity index (χ1) is 14.0. The summed E-state index contributed by atoms with van der Waals surface area (Å²) in [5.74, 6) is -1.44. The summed E-state index contributed by atoms with van der Waals surface area (Å²) >= 11 is 0. The number of hydrogen-bond acceptors (Lipinski definition) is 5. The van der Waals surface area contributed by atoms with Crippen molar-refractivity contribution in [1.82, 2.24) is 9.13 Å². The van der Waals surface area contributed by atoms with Gasteiger partial charge in [-0.25, -0.2) is 9.59 Å². The third kappa shape index (κ3) is 4.01. The van der Waals surface area contributed by atoms with Gasteiger partial charge in [0.2, 0.25) is 5.91 Å². The molecule has 0 fully saturated rings. The molecule has 8 nitrogen and oxygen atoms in total. The maximum absolute atomic E-state index is 12.8. The van der Waals surface area contributed by atoms with Crippen molar-refractivity contribution in [3.05, 3.63) is 58.5 Å². The Morgan fingerprint density at radius 3 is 2.31 bits per heavy atom. The Hall–Kier alpha value is -3.55. The van der Waals surface area contributed by atoms with Crippen LogP contribution in [0.3, 0.4) is 0 Å². The molecule has 1 amide bonds. The molecule has 29 heavy (non-hydrogen) atoms. The number of methoxy groups -OCH3 is 1. The third-order valence-electron chi connectivity index (χ3n) is 4.65. The normalized spacial score (nSPS) is 10.8. The van der Waals surface area contributed by atoms with Crippen LogP contribution in [0.4, 0.5) is 5.69 Å². The van der Waals surface area contributed by atoms with Crippen LogP contribution in [0.15, 0.2) is 47.3 Å². The van der Waals surface area contributed by atoms with Crippen LogP contribution in [0, 0.1) is 0 Å². The van der Waals surface area contributed by atoms with E-state index >= 15 is 0 Å². The number of benzene rings is 2. The van der Waals surface area contributed by atoms with Crippen molar-refractivity contribution in [1.29, 1.82) is 0 Å². The van der Waals surface area contributed by atoms with Gasteiger partial charge in [0.05, 0.1) is 23.8 Å². The number of hydrogen-bond donors (Lipinski definition) is 2. The molecule has 1 aromatic heterocycles. The first-order valence-corrected chi connectivity index (χ1v) is 9.36. The molecule has 3 aromatic rings. The number of aromatic nitrogens is 2. The van der Waals surface area contributed by atoms with E-state index in [9.17, 15) is 19.5 Å². The molecule has 0 aliphatic carbocycles. The van der Waals surface area contributed by atoms with Gasteiger partial charge in [-0.05, 0) is 30.7 Å². The van der Waals surface area contributed by atoms with Crippen LogP contribution in [0.2, 0.25) is 0 Å². The van der Waals surface area contributed by atoms with Crippen LogP contribution in [0.1, 0.15) is 30.1 Å². The van der Waals surface area contributed by atoms with Crippen molar-refractivity contribution in [3.8, 4) is 5.75 Å². The maximum atomic E-state index is 12.8. The Bertz CT molecular complexity index is 1110. The average molecular weight is 397 g/mol. The van der Waals surface area contributed by atoms with Crippen LogP contribution < -0.4 is 11.0 Å². The molecule has 2 N–H and O–H groups in total. The number of amides is 1. The molecular weight excluding hydrogens is 374 g/mol. The van der Waals surface area contributed by atoms with Crippen LogP contribution in [0.25, 0.3) is 11.0 Å². The molecular formula is C21H23N3O5. The number of rotatable bonds is 7. The number of nitrogens with one attached hydrogen (secondary N) is 1. The van der Waals surface area contributed by atoms with Gasteiger partial charge in [-0.3, -0.25) is 13.9 Å². The zero-order valence-electron chi connectivity index (χ0n) is 16.3. The Labute approximate surface area is 167 Å². The summed E-state index contributed by atoms with van der Waals surface area (Å²) in [5.41, 5.74) is 1.52. The van der Waals surface area contributed by atoms with E-state index in [1.54, 1.807) is 9.13 Å². The largest absolute Gasteiger partial charge is 0.505 e. The molecule has 8 heteroatoms. The van der Waals surface area contributed by atoms with E-state index in [2.05, 4.69) is 10.1 Å². The van der Waals surface area contributed by atoms with Crippen LogP contribution in [0.5, 0.6) is 5.75 Å². The molecule has 152 valence electrons. The fraction of sp³-hybridized carbons (Fsp3) is 0.286. The van der Waals surface area contributed by atoms with Gasteiger partial charge in [-0.15, -0.1) is 0 Å². The second kappa shape index (κ2) is 8.64. The summed E-state index contributed by atoms with van der Waals surface area (Å²) in [4.78, 5) is 36.8. The lowest BCUT2D eigenvalue weighted by Gasteiger charge is -2.10. The van der Waals surface area contributed by atoms with E-state index < -0.39 is 5.97 Å². The number of anilines is 1. The summed E-state index contributed by atoms with van der Waals surface area (Å²) in [5, 5.41) is 12.8. The number of esters is 1. The minimum atomic E-state index is -0.700. The number of phenolic OH excluding ortho intramolecular Hbond substituents is 1.